The van der Waals surface area contributed by atoms with Crippen molar-refractivity contribution in [1.29, 1.82) is 0 Å². The lowest BCUT2D eigenvalue weighted by molar-refractivity contribution is -0.0880. The molecule has 3 heteroatoms. The van der Waals surface area contributed by atoms with E-state index in [1.54, 1.807) is 12.4 Å². The number of ether oxygens (including phenoxy) is 1. The highest BCUT2D eigenvalue weighted by atomic mass is 16.5. The van der Waals surface area contributed by atoms with Crippen LogP contribution >= 0.6 is 0 Å². The van der Waals surface area contributed by atoms with Crippen LogP contribution in [0.1, 0.15) is 45.8 Å². The van der Waals surface area contributed by atoms with E-state index in [9.17, 15) is 5.11 Å². The first-order chi connectivity index (χ1) is 7.82. The highest BCUT2D eigenvalue weighted by molar-refractivity contribution is 5.16. The van der Waals surface area contributed by atoms with Crippen LogP contribution in [0.3, 0.4) is 0 Å². The molecule has 1 N–H and O–H groups in total. The summed E-state index contributed by atoms with van der Waals surface area (Å²) in [6.45, 7) is 8.26. The Balaban J connectivity index is 2.23. The lowest BCUT2D eigenvalue weighted by Gasteiger charge is -2.30. The second-order valence-corrected chi connectivity index (χ2v) is 6.00. The van der Waals surface area contributed by atoms with Crippen LogP contribution in [0.4, 0.5) is 0 Å². The van der Waals surface area contributed by atoms with Gasteiger partial charge in [0.05, 0.1) is 17.3 Å². The van der Waals surface area contributed by atoms with Crippen molar-refractivity contribution in [2.45, 2.75) is 51.4 Å². The summed E-state index contributed by atoms with van der Waals surface area (Å²) >= 11 is 0. The van der Waals surface area contributed by atoms with Gasteiger partial charge in [0, 0.05) is 18.3 Å². The van der Waals surface area contributed by atoms with Crippen LogP contribution in [-0.2, 0) is 4.74 Å². The van der Waals surface area contributed by atoms with Crippen LogP contribution in [0.2, 0.25) is 0 Å². The van der Waals surface area contributed by atoms with E-state index in [1.165, 1.54) is 0 Å². The van der Waals surface area contributed by atoms with E-state index in [1.807, 2.05) is 12.1 Å². The second kappa shape index (κ2) is 4.07. The largest absolute Gasteiger partial charge is 0.388 e. The zero-order valence-electron chi connectivity index (χ0n) is 11.0. The molecule has 0 aromatic carbocycles. The van der Waals surface area contributed by atoms with Gasteiger partial charge in [-0.05, 0) is 51.8 Å². The smallest absolute Gasteiger partial charge is 0.0847 e. The summed E-state index contributed by atoms with van der Waals surface area (Å²) in [5, 5.41) is 10.5. The van der Waals surface area contributed by atoms with Gasteiger partial charge in [-0.3, -0.25) is 4.98 Å². The molecular weight excluding hydrogens is 214 g/mol. The SMILES string of the molecule is CC1(C)CC(C(O)c2ccncc2)C(C)(C)O1. The molecule has 0 spiro atoms. The van der Waals surface area contributed by atoms with Gasteiger partial charge >= 0.3 is 0 Å². The predicted octanol–water partition coefficient (Wildman–Crippen LogP) is 2.71. The van der Waals surface area contributed by atoms with Crippen molar-refractivity contribution in [3.63, 3.8) is 0 Å². The molecule has 3 nitrogen and oxygen atoms in total. The van der Waals surface area contributed by atoms with Crippen molar-refractivity contribution in [1.82, 2.24) is 4.98 Å². The van der Waals surface area contributed by atoms with Crippen LogP contribution in [-0.4, -0.2) is 21.3 Å². The average Bonchev–Trinajstić information content (AvgIpc) is 2.47. The molecule has 17 heavy (non-hydrogen) atoms. The van der Waals surface area contributed by atoms with Gasteiger partial charge in [-0.25, -0.2) is 0 Å². The first kappa shape index (κ1) is 12.5. The van der Waals surface area contributed by atoms with Crippen LogP contribution in [0.25, 0.3) is 0 Å². The molecule has 0 aliphatic carbocycles. The number of aliphatic hydroxyl groups excluding tert-OH is 1. The summed E-state index contributed by atoms with van der Waals surface area (Å²) in [5.74, 6) is 0.111. The van der Waals surface area contributed by atoms with Crippen molar-refractivity contribution in [3.8, 4) is 0 Å². The fourth-order valence-corrected chi connectivity index (χ4v) is 2.89. The third kappa shape index (κ3) is 2.50. The molecule has 0 amide bonds. The van der Waals surface area contributed by atoms with Gasteiger partial charge in [-0.2, -0.15) is 0 Å². The van der Waals surface area contributed by atoms with Crippen molar-refractivity contribution >= 4 is 0 Å². The summed E-state index contributed by atoms with van der Waals surface area (Å²) < 4.78 is 6.02. The molecule has 2 heterocycles. The number of rotatable bonds is 2. The van der Waals surface area contributed by atoms with Gasteiger partial charge in [0.15, 0.2) is 0 Å². The maximum atomic E-state index is 10.5. The topological polar surface area (TPSA) is 42.4 Å². The van der Waals surface area contributed by atoms with Gasteiger partial charge in [0.25, 0.3) is 0 Å². The minimum Gasteiger partial charge on any atom is -0.388 e. The third-order valence-corrected chi connectivity index (χ3v) is 3.57. The van der Waals surface area contributed by atoms with E-state index in [0.717, 1.165) is 12.0 Å². The zero-order chi connectivity index (χ0) is 12.7. The molecule has 1 fully saturated rings. The van der Waals surface area contributed by atoms with Crippen LogP contribution in [0, 0.1) is 5.92 Å². The first-order valence-electron chi connectivity index (χ1n) is 6.10. The number of nitrogens with zero attached hydrogens (tertiary/aromatic N) is 1. The Bertz CT molecular complexity index is 386. The number of aromatic nitrogens is 1. The van der Waals surface area contributed by atoms with E-state index >= 15 is 0 Å². The maximum Gasteiger partial charge on any atom is 0.0847 e. The van der Waals surface area contributed by atoms with E-state index in [-0.39, 0.29) is 17.1 Å². The minimum absolute atomic E-state index is 0.111. The Kier molecular flexibility index (Phi) is 3.00. The van der Waals surface area contributed by atoms with E-state index in [2.05, 4.69) is 32.7 Å². The minimum atomic E-state index is -0.491. The van der Waals surface area contributed by atoms with Crippen molar-refractivity contribution < 1.29 is 9.84 Å². The summed E-state index contributed by atoms with van der Waals surface area (Å²) in [6.07, 6.45) is 3.80. The Labute approximate surface area is 103 Å². The van der Waals surface area contributed by atoms with Crippen LogP contribution < -0.4 is 0 Å². The Morgan fingerprint density at radius 3 is 2.35 bits per heavy atom. The predicted molar refractivity (Wildman–Crippen MR) is 66.5 cm³/mol. The number of hydrogen-bond donors (Lipinski definition) is 1. The quantitative estimate of drug-likeness (QED) is 0.857. The average molecular weight is 235 g/mol. The van der Waals surface area contributed by atoms with E-state index < -0.39 is 6.10 Å². The summed E-state index contributed by atoms with van der Waals surface area (Å²) in [4.78, 5) is 3.98. The molecule has 1 saturated heterocycles. The van der Waals surface area contributed by atoms with Gasteiger partial charge in [-0.1, -0.05) is 0 Å². The van der Waals surface area contributed by atoms with Crippen LogP contribution in [0.15, 0.2) is 24.5 Å². The lowest BCUT2D eigenvalue weighted by Crippen LogP contribution is -2.32. The summed E-state index contributed by atoms with van der Waals surface area (Å²) in [5.41, 5.74) is 0.452. The van der Waals surface area contributed by atoms with E-state index in [4.69, 9.17) is 4.74 Å². The highest BCUT2D eigenvalue weighted by Gasteiger charge is 2.49. The standard InChI is InChI=1S/C14H21NO2/c1-13(2)9-11(14(3,4)17-13)12(16)10-5-7-15-8-6-10/h5-8,11-12,16H,9H2,1-4H3. The Morgan fingerprint density at radius 2 is 1.88 bits per heavy atom. The third-order valence-electron chi connectivity index (χ3n) is 3.57. The fourth-order valence-electron chi connectivity index (χ4n) is 2.89. The molecule has 2 atom stereocenters. The van der Waals surface area contributed by atoms with Gasteiger partial charge in [-0.15, -0.1) is 0 Å². The first-order valence-corrected chi connectivity index (χ1v) is 6.10. The lowest BCUT2D eigenvalue weighted by atomic mass is 9.81. The van der Waals surface area contributed by atoms with Gasteiger partial charge in [0.2, 0.25) is 0 Å². The molecule has 0 radical (unpaired) electrons. The molecule has 2 unspecified atom stereocenters. The zero-order valence-corrected chi connectivity index (χ0v) is 11.0. The maximum absolute atomic E-state index is 10.5. The molecule has 1 aromatic rings. The van der Waals surface area contributed by atoms with E-state index in [0.29, 0.717) is 0 Å². The van der Waals surface area contributed by atoms with Crippen molar-refractivity contribution in [2.75, 3.05) is 0 Å². The summed E-state index contributed by atoms with van der Waals surface area (Å²) in [7, 11) is 0. The van der Waals surface area contributed by atoms with Crippen molar-refractivity contribution in [3.05, 3.63) is 30.1 Å². The normalized spacial score (nSPS) is 27.9. The van der Waals surface area contributed by atoms with Crippen LogP contribution in [0.5, 0.6) is 0 Å². The molecule has 0 bridgehead atoms. The van der Waals surface area contributed by atoms with Gasteiger partial charge in [0.1, 0.15) is 0 Å². The fraction of sp³-hybridized carbons (Fsp3) is 0.643. The molecule has 2 rings (SSSR count). The Hall–Kier alpha value is -0.930. The number of hydrogen-bond acceptors (Lipinski definition) is 3. The number of aliphatic hydroxyl groups is 1. The van der Waals surface area contributed by atoms with Crippen molar-refractivity contribution in [2.24, 2.45) is 5.92 Å². The second-order valence-electron chi connectivity index (χ2n) is 6.00. The molecule has 1 aromatic heterocycles. The monoisotopic (exact) mass is 235 g/mol. The molecular formula is C14H21NO2. The molecule has 1 aliphatic rings. The summed E-state index contributed by atoms with van der Waals surface area (Å²) in [6, 6.07) is 3.73. The van der Waals surface area contributed by atoms with Gasteiger partial charge < -0.3 is 9.84 Å². The highest BCUT2D eigenvalue weighted by Crippen LogP contribution is 2.47. The number of pyridine rings is 1. The molecule has 94 valence electrons. The Morgan fingerprint density at radius 1 is 1.29 bits per heavy atom. The molecule has 1 aliphatic heterocycles. The molecule has 0 saturated carbocycles.